The van der Waals surface area contributed by atoms with Gasteiger partial charge in [-0.05, 0) is 23.8 Å². The van der Waals surface area contributed by atoms with Crippen LogP contribution in [0.3, 0.4) is 0 Å². The molecule has 4 rings (SSSR count). The number of amides is 2. The molecule has 0 radical (unpaired) electrons. The van der Waals surface area contributed by atoms with E-state index in [1.807, 2.05) is 30.5 Å². The van der Waals surface area contributed by atoms with Gasteiger partial charge < -0.3 is 24.7 Å². The van der Waals surface area contributed by atoms with Crippen molar-refractivity contribution in [3.05, 3.63) is 60.3 Å². The number of hydrogen-bond donors (Lipinski definition) is 2. The van der Waals surface area contributed by atoms with Crippen LogP contribution in [0.5, 0.6) is 5.75 Å². The maximum atomic E-state index is 13.0. The van der Waals surface area contributed by atoms with Crippen LogP contribution in [0.15, 0.2) is 54.7 Å². The van der Waals surface area contributed by atoms with Gasteiger partial charge in [0.2, 0.25) is 11.8 Å². The molecule has 2 N–H and O–H groups in total. The third-order valence-corrected chi connectivity index (χ3v) is 5.76. The molecule has 0 spiro atoms. The second kappa shape index (κ2) is 9.13. The van der Waals surface area contributed by atoms with Crippen LogP contribution in [0.25, 0.3) is 10.9 Å². The molecule has 1 saturated heterocycles. The lowest BCUT2D eigenvalue weighted by atomic mass is 10.0. The molecule has 2 amide bonds. The van der Waals surface area contributed by atoms with Crippen molar-refractivity contribution >= 4 is 34.4 Å². The molecule has 0 saturated carbocycles. The molecule has 166 valence electrons. The zero-order chi connectivity index (χ0) is 22.7. The van der Waals surface area contributed by atoms with E-state index in [9.17, 15) is 14.4 Å². The van der Waals surface area contributed by atoms with Crippen molar-refractivity contribution in [2.75, 3.05) is 25.7 Å². The van der Waals surface area contributed by atoms with E-state index in [4.69, 9.17) is 9.47 Å². The summed E-state index contributed by atoms with van der Waals surface area (Å²) in [6.45, 7) is 0.235. The lowest BCUT2D eigenvalue weighted by Gasteiger charge is -2.20. The van der Waals surface area contributed by atoms with Gasteiger partial charge in [0.05, 0.1) is 20.1 Å². The molecular weight excluding hydrogens is 410 g/mol. The molecule has 8 heteroatoms. The summed E-state index contributed by atoms with van der Waals surface area (Å²) in [4.78, 5) is 42.7. The maximum Gasteiger partial charge on any atom is 0.328 e. The summed E-state index contributed by atoms with van der Waals surface area (Å²) < 4.78 is 10.1. The molecule has 0 unspecified atom stereocenters. The lowest BCUT2D eigenvalue weighted by Crippen LogP contribution is -2.46. The van der Waals surface area contributed by atoms with E-state index in [0.29, 0.717) is 11.4 Å². The number of nitrogens with one attached hydrogen (secondary N) is 2. The first-order chi connectivity index (χ1) is 15.5. The number of nitrogens with zero attached hydrogens (tertiary/aromatic N) is 1. The number of fused-ring (bicyclic) bond motifs is 1. The summed E-state index contributed by atoms with van der Waals surface area (Å²) in [6, 6.07) is 14.0. The Kier molecular flexibility index (Phi) is 6.11. The van der Waals surface area contributed by atoms with Gasteiger partial charge in [0.15, 0.2) is 0 Å². The third kappa shape index (κ3) is 4.30. The Balaban J connectivity index is 1.47. The Bertz CT molecular complexity index is 1160. The molecular formula is C24H25N3O5. The first-order valence-electron chi connectivity index (χ1n) is 10.4. The van der Waals surface area contributed by atoms with Gasteiger partial charge in [-0.25, -0.2) is 4.79 Å². The van der Waals surface area contributed by atoms with E-state index in [-0.39, 0.29) is 31.2 Å². The molecule has 2 heterocycles. The highest BCUT2D eigenvalue weighted by Crippen LogP contribution is 2.28. The quantitative estimate of drug-likeness (QED) is 0.555. The fraction of sp³-hybridized carbons (Fsp3) is 0.292. The second-order valence-corrected chi connectivity index (χ2v) is 7.75. The fourth-order valence-corrected chi connectivity index (χ4v) is 4.06. The molecule has 32 heavy (non-hydrogen) atoms. The highest BCUT2D eigenvalue weighted by Gasteiger charge is 2.37. The highest BCUT2D eigenvalue weighted by molar-refractivity contribution is 6.01. The molecule has 1 aliphatic heterocycles. The van der Waals surface area contributed by atoms with Crippen molar-refractivity contribution in [1.29, 1.82) is 0 Å². The number of hydrogen-bond acceptors (Lipinski definition) is 5. The Labute approximate surface area is 185 Å². The number of methoxy groups -OCH3 is 2. The van der Waals surface area contributed by atoms with Crippen LogP contribution < -0.4 is 15.0 Å². The summed E-state index contributed by atoms with van der Waals surface area (Å²) in [6.07, 6.45) is 2.18. The number of benzene rings is 2. The number of anilines is 1. The first kappa shape index (κ1) is 21.4. The van der Waals surface area contributed by atoms with Gasteiger partial charge in [-0.2, -0.15) is 0 Å². The first-order valence-corrected chi connectivity index (χ1v) is 10.4. The SMILES string of the molecule is COC(=O)[C@@H](Cc1c[nH]c2ccccc12)NC(=O)[C@@H]1CC(=O)N(c2cccc(OC)c2)C1. The minimum Gasteiger partial charge on any atom is -0.497 e. The molecule has 8 nitrogen and oxygen atoms in total. The Hall–Kier alpha value is -3.81. The Morgan fingerprint density at radius 2 is 2.00 bits per heavy atom. The average Bonchev–Trinajstić information content (AvgIpc) is 3.41. The zero-order valence-electron chi connectivity index (χ0n) is 18.0. The Morgan fingerprint density at radius 1 is 1.19 bits per heavy atom. The average molecular weight is 435 g/mol. The third-order valence-electron chi connectivity index (χ3n) is 5.76. The van der Waals surface area contributed by atoms with Crippen molar-refractivity contribution in [2.24, 2.45) is 5.92 Å². The number of aromatic nitrogens is 1. The summed E-state index contributed by atoms with van der Waals surface area (Å²) in [5.74, 6) is -0.960. The van der Waals surface area contributed by atoms with Crippen molar-refractivity contribution in [1.82, 2.24) is 10.3 Å². The molecule has 3 aromatic rings. The number of ether oxygens (including phenoxy) is 2. The van der Waals surface area contributed by atoms with E-state index in [1.165, 1.54) is 7.11 Å². The number of para-hydroxylation sites is 1. The van der Waals surface area contributed by atoms with Gasteiger partial charge in [-0.1, -0.05) is 24.3 Å². The van der Waals surface area contributed by atoms with Crippen molar-refractivity contribution in [3.8, 4) is 5.75 Å². The summed E-state index contributed by atoms with van der Waals surface area (Å²) in [5.41, 5.74) is 2.53. The number of rotatable bonds is 7. The number of aromatic amines is 1. The summed E-state index contributed by atoms with van der Waals surface area (Å²) >= 11 is 0. The molecule has 2 aromatic carbocycles. The molecule has 2 atom stereocenters. The van der Waals surface area contributed by atoms with Gasteiger partial charge >= 0.3 is 5.97 Å². The van der Waals surface area contributed by atoms with E-state index < -0.39 is 17.9 Å². The zero-order valence-corrected chi connectivity index (χ0v) is 18.0. The van der Waals surface area contributed by atoms with Crippen molar-refractivity contribution < 1.29 is 23.9 Å². The summed E-state index contributed by atoms with van der Waals surface area (Å²) in [5, 5.41) is 3.78. The van der Waals surface area contributed by atoms with Crippen LogP contribution in [0.1, 0.15) is 12.0 Å². The van der Waals surface area contributed by atoms with Gasteiger partial charge in [0, 0.05) is 48.2 Å². The smallest absolute Gasteiger partial charge is 0.328 e. The molecule has 0 aliphatic carbocycles. The maximum absolute atomic E-state index is 13.0. The fourth-order valence-electron chi connectivity index (χ4n) is 4.06. The van der Waals surface area contributed by atoms with Crippen LogP contribution in [0.4, 0.5) is 5.69 Å². The minimum absolute atomic E-state index is 0.0734. The second-order valence-electron chi connectivity index (χ2n) is 7.75. The minimum atomic E-state index is -0.854. The normalized spacial score (nSPS) is 16.8. The molecule has 0 bridgehead atoms. The number of carbonyl (C=O) groups excluding carboxylic acids is 3. The highest BCUT2D eigenvalue weighted by atomic mass is 16.5. The predicted molar refractivity (Wildman–Crippen MR) is 119 cm³/mol. The predicted octanol–water partition coefficient (Wildman–Crippen LogP) is 2.43. The Morgan fingerprint density at radius 3 is 2.78 bits per heavy atom. The monoisotopic (exact) mass is 435 g/mol. The molecule has 1 aliphatic rings. The summed E-state index contributed by atoms with van der Waals surface area (Å²) in [7, 11) is 2.85. The van der Waals surface area contributed by atoms with Crippen LogP contribution in [0.2, 0.25) is 0 Å². The van der Waals surface area contributed by atoms with Gasteiger partial charge in [0.25, 0.3) is 0 Å². The van der Waals surface area contributed by atoms with Crippen LogP contribution in [-0.4, -0.2) is 49.6 Å². The number of esters is 1. The van der Waals surface area contributed by atoms with Crippen molar-refractivity contribution in [3.63, 3.8) is 0 Å². The van der Waals surface area contributed by atoms with Crippen LogP contribution >= 0.6 is 0 Å². The lowest BCUT2D eigenvalue weighted by molar-refractivity contribution is -0.145. The van der Waals surface area contributed by atoms with E-state index >= 15 is 0 Å². The van der Waals surface area contributed by atoms with Gasteiger partial charge in [-0.3, -0.25) is 9.59 Å². The standard InChI is InChI=1S/C24H25N3O5/c1-31-18-7-5-6-17(12-18)27-14-16(11-22(27)28)23(29)26-21(24(30)32-2)10-15-13-25-20-9-4-3-8-19(15)20/h3-9,12-13,16,21,25H,10-11,14H2,1-2H3,(H,26,29)/t16-,21-/m1/s1. The largest absolute Gasteiger partial charge is 0.497 e. The van der Waals surface area contributed by atoms with Gasteiger partial charge in [0.1, 0.15) is 11.8 Å². The van der Waals surface area contributed by atoms with Gasteiger partial charge in [-0.15, -0.1) is 0 Å². The van der Waals surface area contributed by atoms with Crippen LogP contribution in [-0.2, 0) is 25.5 Å². The molecule has 1 aromatic heterocycles. The van der Waals surface area contributed by atoms with Crippen molar-refractivity contribution in [2.45, 2.75) is 18.9 Å². The van der Waals surface area contributed by atoms with Crippen LogP contribution in [0, 0.1) is 5.92 Å². The van der Waals surface area contributed by atoms with E-state index in [2.05, 4.69) is 10.3 Å². The van der Waals surface area contributed by atoms with E-state index in [0.717, 1.165) is 16.5 Å². The number of carbonyl (C=O) groups is 3. The number of H-pyrrole nitrogens is 1. The van der Waals surface area contributed by atoms with E-state index in [1.54, 1.807) is 36.3 Å². The molecule has 1 fully saturated rings. The topological polar surface area (TPSA) is 101 Å².